The minimum Gasteiger partial charge on any atom is -0.478 e. The molecule has 2 fully saturated rings. The number of carbonyl (C=O) groups is 1. The second-order valence-corrected chi connectivity index (χ2v) is 10.8. The first-order valence-electron chi connectivity index (χ1n) is 13.4. The number of fused-ring (bicyclic) bond motifs is 4. The third-order valence-corrected chi connectivity index (χ3v) is 8.54. The molecule has 5 heteroatoms. The molecule has 0 radical (unpaired) electrons. The lowest BCUT2D eigenvalue weighted by Crippen LogP contribution is -2.14. The van der Waals surface area contributed by atoms with Crippen molar-refractivity contribution in [1.29, 1.82) is 0 Å². The Bertz CT molecular complexity index is 1450. The third kappa shape index (κ3) is 3.51. The number of rotatable bonds is 5. The Morgan fingerprint density at radius 1 is 0.971 bits per heavy atom. The maximum atomic E-state index is 11.9. The number of aryl methyl sites for hydroxylation is 2. The van der Waals surface area contributed by atoms with Crippen molar-refractivity contribution in [3.05, 3.63) is 59.3 Å². The van der Waals surface area contributed by atoms with Gasteiger partial charge >= 0.3 is 5.97 Å². The van der Waals surface area contributed by atoms with E-state index in [1.165, 1.54) is 83.6 Å². The summed E-state index contributed by atoms with van der Waals surface area (Å²) in [6.07, 6.45) is 12.3. The normalized spacial score (nSPS) is 18.5. The number of para-hydroxylation sites is 1. The van der Waals surface area contributed by atoms with Gasteiger partial charge in [-0.15, -0.1) is 0 Å². The molecule has 0 bridgehead atoms. The fourth-order valence-electron chi connectivity index (χ4n) is 6.72. The lowest BCUT2D eigenvalue weighted by atomic mass is 9.81. The summed E-state index contributed by atoms with van der Waals surface area (Å²) in [6.45, 7) is 2.82. The van der Waals surface area contributed by atoms with Crippen LogP contribution in [-0.2, 0) is 19.6 Å². The van der Waals surface area contributed by atoms with Crippen molar-refractivity contribution in [2.75, 3.05) is 0 Å². The van der Waals surface area contributed by atoms with E-state index in [0.717, 1.165) is 31.6 Å². The van der Waals surface area contributed by atoms with Gasteiger partial charge in [0.25, 0.3) is 0 Å². The molecule has 2 aromatic carbocycles. The first-order chi connectivity index (χ1) is 17.2. The van der Waals surface area contributed by atoms with E-state index >= 15 is 0 Å². The third-order valence-electron chi connectivity index (χ3n) is 8.54. The number of aromatic carboxylic acids is 1. The Balaban J connectivity index is 1.50. The van der Waals surface area contributed by atoms with E-state index in [9.17, 15) is 9.90 Å². The van der Waals surface area contributed by atoms with E-state index in [4.69, 9.17) is 0 Å². The van der Waals surface area contributed by atoms with Gasteiger partial charge in [-0.05, 0) is 61.3 Å². The van der Waals surface area contributed by atoms with Crippen molar-refractivity contribution in [3.8, 4) is 11.3 Å². The molecule has 0 spiro atoms. The smallest absolute Gasteiger partial charge is 0.335 e. The van der Waals surface area contributed by atoms with Gasteiger partial charge in [-0.25, -0.2) is 4.79 Å². The number of carboxylic acid groups (broad SMARTS) is 1. The van der Waals surface area contributed by atoms with Gasteiger partial charge in [0.15, 0.2) is 0 Å². The number of carboxylic acids is 1. The molecule has 180 valence electrons. The summed E-state index contributed by atoms with van der Waals surface area (Å²) >= 11 is 0. The summed E-state index contributed by atoms with van der Waals surface area (Å²) in [7, 11) is 0. The van der Waals surface area contributed by atoms with Crippen LogP contribution in [0.15, 0.2) is 42.6 Å². The molecule has 2 aliphatic carbocycles. The molecular formula is C30H33N3O2. The van der Waals surface area contributed by atoms with Crippen molar-refractivity contribution in [2.45, 2.75) is 83.0 Å². The Hall–Kier alpha value is -3.05. The molecule has 7 rings (SSSR count). The molecule has 4 aromatic rings. The van der Waals surface area contributed by atoms with Crippen LogP contribution < -0.4 is 5.32 Å². The Morgan fingerprint density at radius 3 is 2.63 bits per heavy atom. The van der Waals surface area contributed by atoms with Crippen LogP contribution in [0.4, 0.5) is 0 Å². The monoisotopic (exact) mass is 467 g/mol. The molecular weight excluding hydrogens is 434 g/mol. The van der Waals surface area contributed by atoms with E-state index in [-0.39, 0.29) is 0 Å². The molecule has 2 saturated carbocycles. The average molecular weight is 468 g/mol. The van der Waals surface area contributed by atoms with E-state index in [0.29, 0.717) is 17.5 Å². The highest BCUT2D eigenvalue weighted by Gasteiger charge is 2.29. The molecule has 5 nitrogen and oxygen atoms in total. The highest BCUT2D eigenvalue weighted by molar-refractivity contribution is 6.03. The van der Waals surface area contributed by atoms with Crippen molar-refractivity contribution >= 4 is 27.8 Å². The Morgan fingerprint density at radius 2 is 1.83 bits per heavy atom. The Kier molecular flexibility index (Phi) is 5.02. The number of hydrogen-bond donors (Lipinski definition) is 2. The fraction of sp³-hybridized carbons (Fsp3) is 0.433. The highest BCUT2D eigenvalue weighted by atomic mass is 16.4. The van der Waals surface area contributed by atoms with Gasteiger partial charge in [-0.2, -0.15) is 0 Å². The van der Waals surface area contributed by atoms with Crippen molar-refractivity contribution < 1.29 is 9.90 Å². The quantitative estimate of drug-likeness (QED) is 0.345. The number of hydrogen-bond acceptors (Lipinski definition) is 2. The van der Waals surface area contributed by atoms with E-state index in [1.54, 1.807) is 6.07 Å². The second-order valence-electron chi connectivity index (χ2n) is 10.8. The second kappa shape index (κ2) is 8.27. The van der Waals surface area contributed by atoms with E-state index in [2.05, 4.69) is 44.9 Å². The van der Waals surface area contributed by atoms with Gasteiger partial charge in [0.05, 0.1) is 16.8 Å². The van der Waals surface area contributed by atoms with Crippen molar-refractivity contribution in [3.63, 3.8) is 0 Å². The van der Waals surface area contributed by atoms with Crippen LogP contribution in [0.25, 0.3) is 33.1 Å². The fourth-order valence-corrected chi connectivity index (χ4v) is 6.72. The summed E-state index contributed by atoms with van der Waals surface area (Å²) in [4.78, 5) is 11.9. The van der Waals surface area contributed by atoms with Crippen LogP contribution in [0.5, 0.6) is 0 Å². The summed E-state index contributed by atoms with van der Waals surface area (Å²) in [6, 6.07) is 13.3. The van der Waals surface area contributed by atoms with Crippen LogP contribution in [0, 0.1) is 0 Å². The molecule has 0 amide bonds. The first-order valence-corrected chi connectivity index (χ1v) is 13.4. The van der Waals surface area contributed by atoms with Crippen molar-refractivity contribution in [2.24, 2.45) is 0 Å². The first kappa shape index (κ1) is 21.3. The maximum Gasteiger partial charge on any atom is 0.335 e. The number of aromatic nitrogens is 2. The highest BCUT2D eigenvalue weighted by Crippen LogP contribution is 2.47. The largest absolute Gasteiger partial charge is 0.478 e. The van der Waals surface area contributed by atoms with Gasteiger partial charge in [0, 0.05) is 53.7 Å². The topological polar surface area (TPSA) is 59.2 Å². The van der Waals surface area contributed by atoms with Crippen LogP contribution in [0.1, 0.15) is 78.8 Å². The van der Waals surface area contributed by atoms with Gasteiger partial charge in [0.1, 0.15) is 0 Å². The van der Waals surface area contributed by atoms with Crippen LogP contribution >= 0.6 is 0 Å². The zero-order chi connectivity index (χ0) is 23.5. The summed E-state index contributed by atoms with van der Waals surface area (Å²) in [5.41, 5.74) is 8.31. The number of nitrogens with one attached hydrogen (secondary N) is 1. The molecule has 35 heavy (non-hydrogen) atoms. The summed E-state index contributed by atoms with van der Waals surface area (Å²) in [5, 5.41) is 16.1. The van der Waals surface area contributed by atoms with E-state index < -0.39 is 5.97 Å². The predicted octanol–water partition coefficient (Wildman–Crippen LogP) is 6.66. The molecule has 2 aromatic heterocycles. The van der Waals surface area contributed by atoms with Crippen LogP contribution in [0.3, 0.4) is 0 Å². The zero-order valence-corrected chi connectivity index (χ0v) is 20.2. The molecule has 3 aliphatic rings. The predicted molar refractivity (Wildman–Crippen MR) is 140 cm³/mol. The SMILES string of the molecule is O=C(O)c1ccc2c(C3CCCCC3)c3n(c2c1)CCCn1cc(CNC2CC2)c2cccc-3c21. The van der Waals surface area contributed by atoms with Crippen LogP contribution in [0.2, 0.25) is 0 Å². The van der Waals surface area contributed by atoms with Gasteiger partial charge in [-0.1, -0.05) is 43.5 Å². The van der Waals surface area contributed by atoms with Gasteiger partial charge in [-0.3, -0.25) is 0 Å². The minimum atomic E-state index is -0.851. The maximum absolute atomic E-state index is 11.9. The molecule has 1 aliphatic heterocycles. The summed E-state index contributed by atoms with van der Waals surface area (Å²) < 4.78 is 4.95. The molecule has 2 N–H and O–H groups in total. The minimum absolute atomic E-state index is 0.380. The number of benzene rings is 2. The Labute approximate surface area is 205 Å². The molecule has 0 atom stereocenters. The lowest BCUT2D eigenvalue weighted by Gasteiger charge is -2.25. The zero-order valence-electron chi connectivity index (χ0n) is 20.2. The van der Waals surface area contributed by atoms with Crippen LogP contribution in [-0.4, -0.2) is 26.3 Å². The van der Waals surface area contributed by atoms with Gasteiger partial charge in [0.2, 0.25) is 0 Å². The summed E-state index contributed by atoms with van der Waals surface area (Å²) in [5.74, 6) is -0.316. The molecule has 0 saturated heterocycles. The standard InChI is InChI=1S/C30H33N3O2/c34-30(35)20-10-13-24-26(16-20)33-15-5-14-32-18-21(17-31-22-11-12-22)23-8-4-9-25(28(23)32)29(33)27(24)19-6-2-1-3-7-19/h4,8-10,13,16,18-19,22,31H,1-3,5-7,11-12,14-15,17H2,(H,34,35). The lowest BCUT2D eigenvalue weighted by molar-refractivity contribution is 0.0697. The van der Waals surface area contributed by atoms with Crippen molar-refractivity contribution in [1.82, 2.24) is 14.5 Å². The van der Waals surface area contributed by atoms with Gasteiger partial charge < -0.3 is 19.6 Å². The molecule has 0 unspecified atom stereocenters. The van der Waals surface area contributed by atoms with E-state index in [1.807, 2.05) is 6.07 Å². The average Bonchev–Trinajstić information content (AvgIpc) is 3.56. The number of nitrogens with zero attached hydrogens (tertiary/aromatic N) is 2. The molecule has 3 heterocycles.